The van der Waals surface area contributed by atoms with Gasteiger partial charge in [0.05, 0.1) is 0 Å². The lowest BCUT2D eigenvalue weighted by atomic mass is 10.6. The van der Waals surface area contributed by atoms with E-state index in [0.717, 1.165) is 16.2 Å². The molecule has 0 aromatic carbocycles. The standard InChI is InChI=1S/C7H6ClF3N2OS/c1-13(3-7(9,10)11)6-12-5(8)4(2-14)15-6/h2H,3H2,1H3. The Morgan fingerprint density at radius 3 is 2.60 bits per heavy atom. The van der Waals surface area contributed by atoms with Crippen LogP contribution in [0.25, 0.3) is 0 Å². The van der Waals surface area contributed by atoms with Crippen LogP contribution in [0.3, 0.4) is 0 Å². The van der Waals surface area contributed by atoms with Crippen molar-refractivity contribution in [3.8, 4) is 0 Å². The summed E-state index contributed by atoms with van der Waals surface area (Å²) in [5.74, 6) is 0. The predicted octanol–water partition coefficient (Wildman–Crippen LogP) is 2.61. The molecule has 84 valence electrons. The SMILES string of the molecule is CN(CC(F)(F)F)c1nc(Cl)c(C=O)s1. The fourth-order valence-corrected chi connectivity index (χ4v) is 1.90. The molecule has 0 fully saturated rings. The molecule has 0 spiro atoms. The summed E-state index contributed by atoms with van der Waals surface area (Å²) < 4.78 is 36.0. The molecule has 1 aromatic rings. The highest BCUT2D eigenvalue weighted by Crippen LogP contribution is 2.29. The van der Waals surface area contributed by atoms with Crippen molar-refractivity contribution in [1.82, 2.24) is 4.98 Å². The van der Waals surface area contributed by atoms with Crippen molar-refractivity contribution in [3.63, 3.8) is 0 Å². The zero-order valence-corrected chi connectivity index (χ0v) is 9.08. The van der Waals surface area contributed by atoms with Crippen LogP contribution < -0.4 is 4.90 Å². The van der Waals surface area contributed by atoms with Crippen molar-refractivity contribution in [3.05, 3.63) is 10.0 Å². The minimum absolute atomic E-state index is 0.0689. The van der Waals surface area contributed by atoms with Gasteiger partial charge in [0.2, 0.25) is 0 Å². The highest BCUT2D eigenvalue weighted by molar-refractivity contribution is 7.17. The normalized spacial score (nSPS) is 11.5. The van der Waals surface area contributed by atoms with E-state index in [1.807, 2.05) is 0 Å². The zero-order valence-electron chi connectivity index (χ0n) is 7.51. The first-order valence-corrected chi connectivity index (χ1v) is 4.92. The number of halogens is 4. The van der Waals surface area contributed by atoms with Gasteiger partial charge >= 0.3 is 6.18 Å². The lowest BCUT2D eigenvalue weighted by Gasteiger charge is -2.17. The van der Waals surface area contributed by atoms with Gasteiger partial charge in [-0.1, -0.05) is 22.9 Å². The Kier molecular flexibility index (Phi) is 3.56. The quantitative estimate of drug-likeness (QED) is 0.782. The number of hydrogen-bond donors (Lipinski definition) is 0. The maximum absolute atomic E-state index is 12.0. The van der Waals surface area contributed by atoms with E-state index in [-0.39, 0.29) is 15.2 Å². The summed E-state index contributed by atoms with van der Waals surface area (Å²) in [6.07, 6.45) is -3.85. The molecular formula is C7H6ClF3N2OS. The maximum atomic E-state index is 12.0. The van der Waals surface area contributed by atoms with E-state index in [0.29, 0.717) is 6.29 Å². The van der Waals surface area contributed by atoms with Crippen LogP contribution in [-0.2, 0) is 0 Å². The van der Waals surface area contributed by atoms with Crippen LogP contribution in [0.4, 0.5) is 18.3 Å². The third kappa shape index (κ3) is 3.35. The summed E-state index contributed by atoms with van der Waals surface area (Å²) in [6, 6.07) is 0. The predicted molar refractivity (Wildman–Crippen MR) is 51.8 cm³/mol. The number of alkyl halides is 3. The number of anilines is 1. The number of thiazole rings is 1. The molecule has 0 atom stereocenters. The number of nitrogens with zero attached hydrogens (tertiary/aromatic N) is 2. The van der Waals surface area contributed by atoms with E-state index < -0.39 is 12.7 Å². The van der Waals surface area contributed by atoms with Crippen LogP contribution in [0.2, 0.25) is 5.15 Å². The van der Waals surface area contributed by atoms with Gasteiger partial charge in [-0.05, 0) is 0 Å². The molecule has 0 amide bonds. The largest absolute Gasteiger partial charge is 0.405 e. The van der Waals surface area contributed by atoms with Crippen molar-refractivity contribution in [2.24, 2.45) is 0 Å². The van der Waals surface area contributed by atoms with Crippen LogP contribution in [-0.4, -0.2) is 31.0 Å². The summed E-state index contributed by atoms with van der Waals surface area (Å²) in [4.78, 5) is 15.1. The Morgan fingerprint density at radius 1 is 1.60 bits per heavy atom. The molecule has 0 N–H and O–H groups in total. The first-order chi connectivity index (χ1) is 6.83. The molecule has 0 radical (unpaired) electrons. The molecule has 15 heavy (non-hydrogen) atoms. The second-order valence-corrected chi connectivity index (χ2v) is 4.11. The van der Waals surface area contributed by atoms with E-state index in [4.69, 9.17) is 11.6 Å². The van der Waals surface area contributed by atoms with E-state index in [2.05, 4.69) is 4.98 Å². The second-order valence-electron chi connectivity index (χ2n) is 2.74. The van der Waals surface area contributed by atoms with Gasteiger partial charge in [-0.2, -0.15) is 13.2 Å². The van der Waals surface area contributed by atoms with Crippen LogP contribution in [0.1, 0.15) is 9.67 Å². The number of aromatic nitrogens is 1. The molecule has 0 unspecified atom stereocenters. The van der Waals surface area contributed by atoms with E-state index >= 15 is 0 Å². The molecule has 0 saturated carbocycles. The number of carbonyl (C=O) groups excluding carboxylic acids is 1. The van der Waals surface area contributed by atoms with Crippen LogP contribution >= 0.6 is 22.9 Å². The summed E-state index contributed by atoms with van der Waals surface area (Å²) >= 11 is 6.34. The van der Waals surface area contributed by atoms with Crippen molar-refractivity contribution < 1.29 is 18.0 Å². The van der Waals surface area contributed by atoms with Gasteiger partial charge in [0.25, 0.3) is 0 Å². The molecule has 0 aliphatic heterocycles. The lowest BCUT2D eigenvalue weighted by molar-refractivity contribution is -0.119. The third-order valence-electron chi connectivity index (χ3n) is 1.45. The molecule has 1 aromatic heterocycles. The molecule has 3 nitrogen and oxygen atoms in total. The fraction of sp³-hybridized carbons (Fsp3) is 0.429. The van der Waals surface area contributed by atoms with Gasteiger partial charge in [0, 0.05) is 7.05 Å². The molecule has 1 rings (SSSR count). The topological polar surface area (TPSA) is 33.2 Å². The molecule has 0 bridgehead atoms. The van der Waals surface area contributed by atoms with Gasteiger partial charge in [0.15, 0.2) is 16.6 Å². The minimum Gasteiger partial charge on any atom is -0.342 e. The Balaban J connectivity index is 2.82. The molecule has 0 saturated heterocycles. The first-order valence-electron chi connectivity index (χ1n) is 3.73. The average molecular weight is 259 g/mol. The van der Waals surface area contributed by atoms with Crippen molar-refractivity contribution in [1.29, 1.82) is 0 Å². The Labute approximate surface area is 92.5 Å². The van der Waals surface area contributed by atoms with Gasteiger partial charge < -0.3 is 4.90 Å². The summed E-state index contributed by atoms with van der Waals surface area (Å²) in [5, 5.41) is -0.00144. The summed E-state index contributed by atoms with van der Waals surface area (Å²) in [6.45, 7) is -1.13. The van der Waals surface area contributed by atoms with Gasteiger partial charge in [0.1, 0.15) is 11.4 Å². The van der Waals surface area contributed by atoms with Gasteiger partial charge in [-0.3, -0.25) is 4.79 Å². The first kappa shape index (κ1) is 12.3. The number of hydrogen-bond acceptors (Lipinski definition) is 4. The van der Waals surface area contributed by atoms with Gasteiger partial charge in [-0.15, -0.1) is 0 Å². The zero-order chi connectivity index (χ0) is 11.6. The molecular weight excluding hydrogens is 253 g/mol. The molecule has 1 heterocycles. The lowest BCUT2D eigenvalue weighted by Crippen LogP contribution is -2.30. The van der Waals surface area contributed by atoms with Crippen molar-refractivity contribution in [2.75, 3.05) is 18.5 Å². The smallest absolute Gasteiger partial charge is 0.342 e. The molecule has 8 heteroatoms. The Bertz CT molecular complexity index is 366. The van der Waals surface area contributed by atoms with Crippen LogP contribution in [0.5, 0.6) is 0 Å². The highest BCUT2D eigenvalue weighted by atomic mass is 35.5. The number of carbonyl (C=O) groups is 1. The third-order valence-corrected chi connectivity index (χ3v) is 2.94. The summed E-state index contributed by atoms with van der Waals surface area (Å²) in [5.41, 5.74) is 0. The maximum Gasteiger partial charge on any atom is 0.405 e. The average Bonchev–Trinajstić information content (AvgIpc) is 2.43. The van der Waals surface area contributed by atoms with E-state index in [1.165, 1.54) is 7.05 Å². The Hall–Kier alpha value is -0.820. The Morgan fingerprint density at radius 2 is 2.20 bits per heavy atom. The monoisotopic (exact) mass is 258 g/mol. The number of rotatable bonds is 3. The van der Waals surface area contributed by atoms with E-state index in [9.17, 15) is 18.0 Å². The van der Waals surface area contributed by atoms with Gasteiger partial charge in [-0.25, -0.2) is 4.98 Å². The molecule has 0 aliphatic carbocycles. The second kappa shape index (κ2) is 4.36. The van der Waals surface area contributed by atoms with Crippen molar-refractivity contribution in [2.45, 2.75) is 6.18 Å². The van der Waals surface area contributed by atoms with Crippen LogP contribution in [0, 0.1) is 0 Å². The van der Waals surface area contributed by atoms with E-state index in [1.54, 1.807) is 0 Å². The fourth-order valence-electron chi connectivity index (χ4n) is 0.875. The van der Waals surface area contributed by atoms with Crippen LogP contribution in [0.15, 0.2) is 0 Å². The molecule has 0 aliphatic rings. The minimum atomic E-state index is -4.31. The summed E-state index contributed by atoms with van der Waals surface area (Å²) in [7, 11) is 1.23. The highest BCUT2D eigenvalue weighted by Gasteiger charge is 2.30. The van der Waals surface area contributed by atoms with Crippen molar-refractivity contribution >= 4 is 34.4 Å². The number of aldehydes is 1.